The summed E-state index contributed by atoms with van der Waals surface area (Å²) in [5, 5.41) is 2.58. The maximum atomic E-state index is 14.0. The van der Waals surface area contributed by atoms with Crippen molar-refractivity contribution in [1.82, 2.24) is 4.98 Å². The number of para-hydroxylation sites is 1. The van der Waals surface area contributed by atoms with Crippen molar-refractivity contribution >= 4 is 21.7 Å². The monoisotopic (exact) mass is 239 g/mol. The highest BCUT2D eigenvalue weighted by Crippen LogP contribution is 2.26. The highest BCUT2D eigenvalue weighted by molar-refractivity contribution is 6.05. The van der Waals surface area contributed by atoms with Crippen LogP contribution in [0.5, 0.6) is 0 Å². The van der Waals surface area contributed by atoms with Gasteiger partial charge in [0.2, 0.25) is 5.95 Å². The maximum Gasteiger partial charge on any atom is 0.221 e. The molecular weight excluding hydrogens is 225 g/mol. The van der Waals surface area contributed by atoms with Crippen molar-refractivity contribution in [2.45, 2.75) is 19.8 Å². The van der Waals surface area contributed by atoms with Gasteiger partial charge in [-0.3, -0.25) is 0 Å². The zero-order chi connectivity index (χ0) is 12.5. The predicted molar refractivity (Wildman–Crippen MR) is 73.2 cm³/mol. The molecule has 0 fully saturated rings. The number of hydrogen-bond donors (Lipinski definition) is 0. The minimum Gasteiger partial charge on any atom is -0.219 e. The van der Waals surface area contributed by atoms with E-state index in [1.807, 2.05) is 36.4 Å². The quantitative estimate of drug-likeness (QED) is 0.474. The molecule has 3 aromatic rings. The van der Waals surface area contributed by atoms with Crippen molar-refractivity contribution in [2.75, 3.05) is 0 Å². The Hall–Kier alpha value is -1.96. The van der Waals surface area contributed by atoms with Gasteiger partial charge in [-0.05, 0) is 29.5 Å². The summed E-state index contributed by atoms with van der Waals surface area (Å²) in [7, 11) is 0. The lowest BCUT2D eigenvalue weighted by Gasteiger charge is -2.06. The van der Waals surface area contributed by atoms with Gasteiger partial charge in [0.05, 0.1) is 5.52 Å². The van der Waals surface area contributed by atoms with Gasteiger partial charge in [0.1, 0.15) is 0 Å². The molecule has 0 bridgehead atoms. The Labute approximate surface area is 105 Å². The molecule has 0 aliphatic heterocycles. The van der Waals surface area contributed by atoms with Crippen LogP contribution in [0.2, 0.25) is 0 Å². The molecule has 1 nitrogen and oxygen atoms in total. The highest BCUT2D eigenvalue weighted by Gasteiger charge is 2.08. The molecule has 0 atom stereocenters. The van der Waals surface area contributed by atoms with E-state index in [4.69, 9.17) is 0 Å². The van der Waals surface area contributed by atoms with E-state index in [0.717, 1.165) is 23.6 Å². The Bertz CT molecular complexity index is 719. The third kappa shape index (κ3) is 1.74. The summed E-state index contributed by atoms with van der Waals surface area (Å²) in [5.74, 6) is -0.373. The summed E-state index contributed by atoms with van der Waals surface area (Å²) in [6.45, 7) is 2.12. The van der Waals surface area contributed by atoms with Crippen LogP contribution >= 0.6 is 0 Å². The number of pyridine rings is 1. The molecule has 1 heterocycles. The van der Waals surface area contributed by atoms with Gasteiger partial charge in [-0.15, -0.1) is 0 Å². The van der Waals surface area contributed by atoms with E-state index in [1.54, 1.807) is 0 Å². The number of fused-ring (bicyclic) bond motifs is 3. The maximum absolute atomic E-state index is 14.0. The molecule has 3 rings (SSSR count). The molecule has 0 saturated carbocycles. The summed E-state index contributed by atoms with van der Waals surface area (Å²) in [6.07, 6.45) is 2.04. The summed E-state index contributed by atoms with van der Waals surface area (Å²) in [4.78, 5) is 4.04. The van der Waals surface area contributed by atoms with E-state index in [2.05, 4.69) is 18.0 Å². The fourth-order valence-corrected chi connectivity index (χ4v) is 2.41. The number of halogens is 1. The van der Waals surface area contributed by atoms with Crippen LogP contribution in [0.3, 0.4) is 0 Å². The summed E-state index contributed by atoms with van der Waals surface area (Å²) in [5.41, 5.74) is 1.88. The molecule has 1 aromatic heterocycles. The van der Waals surface area contributed by atoms with E-state index < -0.39 is 0 Å². The fraction of sp³-hybridized carbons (Fsp3) is 0.188. The molecule has 0 amide bonds. The molecule has 2 heteroatoms. The number of nitrogens with zero attached hydrogens (tertiary/aromatic N) is 1. The van der Waals surface area contributed by atoms with E-state index >= 15 is 0 Å². The second-order valence-electron chi connectivity index (χ2n) is 4.55. The van der Waals surface area contributed by atoms with Crippen LogP contribution in [0, 0.1) is 5.95 Å². The first-order valence-electron chi connectivity index (χ1n) is 6.26. The molecular formula is C16H14FN. The van der Waals surface area contributed by atoms with Crippen molar-refractivity contribution < 1.29 is 4.39 Å². The van der Waals surface area contributed by atoms with E-state index in [0.29, 0.717) is 10.9 Å². The summed E-state index contributed by atoms with van der Waals surface area (Å²) >= 11 is 0. The molecule has 0 radical (unpaired) electrons. The van der Waals surface area contributed by atoms with Crippen molar-refractivity contribution in [3.05, 3.63) is 54.0 Å². The number of benzene rings is 2. The lowest BCUT2D eigenvalue weighted by atomic mass is 10.0. The number of rotatable bonds is 2. The van der Waals surface area contributed by atoms with Crippen molar-refractivity contribution in [1.29, 1.82) is 0 Å². The topological polar surface area (TPSA) is 12.9 Å². The van der Waals surface area contributed by atoms with Gasteiger partial charge >= 0.3 is 0 Å². The van der Waals surface area contributed by atoms with Gasteiger partial charge in [-0.2, -0.15) is 4.39 Å². The number of aryl methyl sites for hydroxylation is 1. The van der Waals surface area contributed by atoms with Crippen LogP contribution in [0.15, 0.2) is 42.5 Å². The Morgan fingerprint density at radius 3 is 2.67 bits per heavy atom. The SMILES string of the molecule is CCCc1ccc2c(c1)c(F)nc1ccccc12. The van der Waals surface area contributed by atoms with Gasteiger partial charge in [0, 0.05) is 10.8 Å². The largest absolute Gasteiger partial charge is 0.221 e. The molecule has 0 saturated heterocycles. The van der Waals surface area contributed by atoms with Crippen LogP contribution in [0.25, 0.3) is 21.7 Å². The standard InChI is InChI=1S/C16H14FN/c1-2-5-11-8-9-12-13-6-3-4-7-15(13)18-16(17)14(12)10-11/h3-4,6-10H,2,5H2,1H3. The predicted octanol–water partition coefficient (Wildman–Crippen LogP) is 4.48. The molecule has 90 valence electrons. The Morgan fingerprint density at radius 2 is 1.83 bits per heavy atom. The second kappa shape index (κ2) is 4.37. The van der Waals surface area contributed by atoms with Gasteiger partial charge in [0.15, 0.2) is 0 Å². The summed E-state index contributed by atoms with van der Waals surface area (Å²) < 4.78 is 14.0. The van der Waals surface area contributed by atoms with E-state index in [1.165, 1.54) is 5.56 Å². The Kier molecular flexibility index (Phi) is 2.71. The Morgan fingerprint density at radius 1 is 1.00 bits per heavy atom. The fourth-order valence-electron chi connectivity index (χ4n) is 2.41. The number of hydrogen-bond acceptors (Lipinski definition) is 1. The molecule has 2 aromatic carbocycles. The van der Waals surface area contributed by atoms with Crippen molar-refractivity contribution in [2.24, 2.45) is 0 Å². The van der Waals surface area contributed by atoms with Crippen LogP contribution in [0.1, 0.15) is 18.9 Å². The van der Waals surface area contributed by atoms with Gasteiger partial charge in [0.25, 0.3) is 0 Å². The smallest absolute Gasteiger partial charge is 0.219 e. The lowest BCUT2D eigenvalue weighted by Crippen LogP contribution is -1.91. The molecule has 0 spiro atoms. The van der Waals surface area contributed by atoms with Crippen LogP contribution in [-0.4, -0.2) is 4.98 Å². The molecule has 0 N–H and O–H groups in total. The Balaban J connectivity index is 2.36. The van der Waals surface area contributed by atoms with Crippen LogP contribution < -0.4 is 0 Å². The third-order valence-electron chi connectivity index (χ3n) is 3.26. The average molecular weight is 239 g/mol. The van der Waals surface area contributed by atoms with Gasteiger partial charge < -0.3 is 0 Å². The first kappa shape index (κ1) is 11.1. The highest BCUT2D eigenvalue weighted by atomic mass is 19.1. The zero-order valence-corrected chi connectivity index (χ0v) is 10.3. The van der Waals surface area contributed by atoms with Gasteiger partial charge in [-0.1, -0.05) is 43.7 Å². The van der Waals surface area contributed by atoms with E-state index in [-0.39, 0.29) is 5.95 Å². The van der Waals surface area contributed by atoms with Crippen molar-refractivity contribution in [3.8, 4) is 0 Å². The van der Waals surface area contributed by atoms with Crippen LogP contribution in [0.4, 0.5) is 4.39 Å². The van der Waals surface area contributed by atoms with Crippen LogP contribution in [-0.2, 0) is 6.42 Å². The molecule has 0 aliphatic carbocycles. The normalized spacial score (nSPS) is 11.2. The minimum atomic E-state index is -0.373. The van der Waals surface area contributed by atoms with Crippen molar-refractivity contribution in [3.63, 3.8) is 0 Å². The first-order chi connectivity index (χ1) is 8.79. The lowest BCUT2D eigenvalue weighted by molar-refractivity contribution is 0.601. The van der Waals surface area contributed by atoms with Gasteiger partial charge in [-0.25, -0.2) is 4.98 Å². The molecule has 0 aliphatic rings. The van der Waals surface area contributed by atoms with E-state index in [9.17, 15) is 4.39 Å². The minimum absolute atomic E-state index is 0.373. The average Bonchev–Trinajstić information content (AvgIpc) is 2.40. The first-order valence-corrected chi connectivity index (χ1v) is 6.26. The molecule has 18 heavy (non-hydrogen) atoms. The third-order valence-corrected chi connectivity index (χ3v) is 3.26. The summed E-state index contributed by atoms with van der Waals surface area (Å²) in [6, 6.07) is 13.7. The second-order valence-corrected chi connectivity index (χ2v) is 4.55. The zero-order valence-electron chi connectivity index (χ0n) is 10.3. The molecule has 0 unspecified atom stereocenters. The number of aromatic nitrogens is 1.